The third-order valence-electron chi connectivity index (χ3n) is 3.29. The quantitative estimate of drug-likeness (QED) is 0.689. The molecule has 0 aliphatic carbocycles. The van der Waals surface area contributed by atoms with Crippen molar-refractivity contribution in [2.75, 3.05) is 0 Å². The van der Waals surface area contributed by atoms with Crippen molar-refractivity contribution in [1.82, 2.24) is 0 Å². The van der Waals surface area contributed by atoms with Crippen LogP contribution in [-0.2, 0) is 0 Å². The van der Waals surface area contributed by atoms with Gasteiger partial charge in [0.15, 0.2) is 0 Å². The number of halogens is 2. The number of benzene rings is 2. The van der Waals surface area contributed by atoms with Crippen LogP contribution in [-0.4, -0.2) is 0 Å². The summed E-state index contributed by atoms with van der Waals surface area (Å²) >= 11 is 9.54. The summed E-state index contributed by atoms with van der Waals surface area (Å²) in [4.78, 5) is 0. The maximum Gasteiger partial charge on any atom is 0.134 e. The minimum atomic E-state index is -0.309. The number of hydrogen-bond donors (Lipinski definition) is 1. The number of furan rings is 1. The summed E-state index contributed by atoms with van der Waals surface area (Å²) in [6, 6.07) is 13.3. The number of fused-ring (bicyclic) bond motifs is 1. The second kappa shape index (κ2) is 5.24. The zero-order valence-electron chi connectivity index (χ0n) is 10.9. The van der Waals surface area contributed by atoms with Crippen LogP contribution < -0.4 is 5.73 Å². The molecule has 20 heavy (non-hydrogen) atoms. The van der Waals surface area contributed by atoms with Crippen LogP contribution in [0.2, 0.25) is 5.02 Å². The van der Waals surface area contributed by atoms with Gasteiger partial charge in [-0.05, 0) is 48.4 Å². The van der Waals surface area contributed by atoms with Crippen molar-refractivity contribution < 1.29 is 4.42 Å². The van der Waals surface area contributed by atoms with Gasteiger partial charge in [0.2, 0.25) is 0 Å². The lowest BCUT2D eigenvalue weighted by atomic mass is 10.0. The zero-order valence-corrected chi connectivity index (χ0v) is 13.2. The number of nitrogens with two attached hydrogens (primary N) is 1. The van der Waals surface area contributed by atoms with Crippen molar-refractivity contribution in [2.24, 2.45) is 5.73 Å². The molecule has 0 saturated heterocycles. The van der Waals surface area contributed by atoms with E-state index in [4.69, 9.17) is 21.8 Å². The maximum atomic E-state index is 6.31. The lowest BCUT2D eigenvalue weighted by molar-refractivity contribution is 0.524. The highest BCUT2D eigenvalue weighted by Gasteiger charge is 2.16. The van der Waals surface area contributed by atoms with Crippen molar-refractivity contribution in [2.45, 2.75) is 13.0 Å². The number of aryl methyl sites for hydroxylation is 1. The van der Waals surface area contributed by atoms with E-state index in [-0.39, 0.29) is 6.04 Å². The molecule has 3 rings (SSSR count). The molecule has 0 fully saturated rings. The van der Waals surface area contributed by atoms with E-state index in [9.17, 15) is 0 Å². The Labute approximate surface area is 130 Å². The van der Waals surface area contributed by atoms with E-state index < -0.39 is 0 Å². The van der Waals surface area contributed by atoms with E-state index in [0.29, 0.717) is 5.02 Å². The molecule has 1 aromatic heterocycles. The van der Waals surface area contributed by atoms with Gasteiger partial charge in [0.05, 0.1) is 6.04 Å². The van der Waals surface area contributed by atoms with Gasteiger partial charge in [-0.3, -0.25) is 0 Å². The highest BCUT2D eigenvalue weighted by atomic mass is 79.9. The van der Waals surface area contributed by atoms with Gasteiger partial charge in [0.25, 0.3) is 0 Å². The Hall–Kier alpha value is -1.29. The summed E-state index contributed by atoms with van der Waals surface area (Å²) in [5.74, 6) is 0.729. The summed E-state index contributed by atoms with van der Waals surface area (Å²) in [6.45, 7) is 2.04. The molecule has 1 atom stereocenters. The van der Waals surface area contributed by atoms with Crippen LogP contribution in [0.5, 0.6) is 0 Å². The van der Waals surface area contributed by atoms with Crippen LogP contribution in [0.1, 0.15) is 22.9 Å². The first-order chi connectivity index (χ1) is 9.54. The van der Waals surface area contributed by atoms with Gasteiger partial charge in [0.1, 0.15) is 11.3 Å². The van der Waals surface area contributed by atoms with Crippen LogP contribution in [0.4, 0.5) is 0 Å². The molecule has 0 bridgehead atoms. The molecule has 0 radical (unpaired) electrons. The fraction of sp³-hybridized carbons (Fsp3) is 0.125. The Kier molecular flexibility index (Phi) is 3.59. The molecule has 1 heterocycles. The first-order valence-electron chi connectivity index (χ1n) is 6.25. The Morgan fingerprint density at radius 3 is 2.70 bits per heavy atom. The van der Waals surface area contributed by atoms with Crippen molar-refractivity contribution in [3.8, 4) is 0 Å². The molecule has 3 aromatic rings. The molecular weight excluding hydrogens is 338 g/mol. The van der Waals surface area contributed by atoms with Crippen molar-refractivity contribution in [3.05, 3.63) is 68.8 Å². The normalized spacial score (nSPS) is 12.8. The van der Waals surface area contributed by atoms with Gasteiger partial charge >= 0.3 is 0 Å². The molecule has 0 saturated carbocycles. The van der Waals surface area contributed by atoms with Gasteiger partial charge in [-0.25, -0.2) is 0 Å². The molecule has 0 spiro atoms. The highest BCUT2D eigenvalue weighted by molar-refractivity contribution is 9.10. The summed E-state index contributed by atoms with van der Waals surface area (Å²) < 4.78 is 6.81. The molecule has 2 N–H and O–H groups in total. The minimum absolute atomic E-state index is 0.309. The number of rotatable bonds is 2. The SMILES string of the molecule is Cc1ccc(C(N)c2cc3cc(Cl)ccc3o2)c(Br)c1. The summed E-state index contributed by atoms with van der Waals surface area (Å²) in [5.41, 5.74) is 9.29. The first-order valence-corrected chi connectivity index (χ1v) is 7.42. The lowest BCUT2D eigenvalue weighted by Crippen LogP contribution is -2.11. The van der Waals surface area contributed by atoms with Crippen LogP contribution in [0, 0.1) is 6.92 Å². The van der Waals surface area contributed by atoms with Gasteiger partial charge in [-0.15, -0.1) is 0 Å². The Balaban J connectivity index is 2.05. The standard InChI is InChI=1S/C16H13BrClNO/c1-9-2-4-12(13(17)6-9)16(19)15-8-10-7-11(18)3-5-14(10)20-15/h2-8,16H,19H2,1H3. The summed E-state index contributed by atoms with van der Waals surface area (Å²) in [6.07, 6.45) is 0. The van der Waals surface area contributed by atoms with Gasteiger partial charge < -0.3 is 10.2 Å². The Morgan fingerprint density at radius 2 is 1.95 bits per heavy atom. The molecule has 0 amide bonds. The molecule has 2 aromatic carbocycles. The Morgan fingerprint density at radius 1 is 1.15 bits per heavy atom. The average molecular weight is 351 g/mol. The molecule has 2 nitrogen and oxygen atoms in total. The topological polar surface area (TPSA) is 39.2 Å². The van der Waals surface area contributed by atoms with Gasteiger partial charge in [0, 0.05) is 14.9 Å². The van der Waals surface area contributed by atoms with E-state index in [2.05, 4.69) is 22.0 Å². The second-order valence-electron chi connectivity index (χ2n) is 4.83. The zero-order chi connectivity index (χ0) is 14.3. The molecule has 0 aliphatic rings. The van der Waals surface area contributed by atoms with Crippen LogP contribution in [0.3, 0.4) is 0 Å². The smallest absolute Gasteiger partial charge is 0.134 e. The Bertz CT molecular complexity index is 781. The summed E-state index contributed by atoms with van der Waals surface area (Å²) in [5, 5.41) is 1.65. The fourth-order valence-corrected chi connectivity index (χ4v) is 3.15. The lowest BCUT2D eigenvalue weighted by Gasteiger charge is -2.11. The first kappa shape index (κ1) is 13.7. The van der Waals surface area contributed by atoms with E-state index in [1.54, 1.807) is 0 Å². The second-order valence-corrected chi connectivity index (χ2v) is 6.12. The maximum absolute atomic E-state index is 6.31. The molecule has 0 aliphatic heterocycles. The molecule has 4 heteroatoms. The van der Waals surface area contributed by atoms with Crippen LogP contribution >= 0.6 is 27.5 Å². The van der Waals surface area contributed by atoms with E-state index in [1.165, 1.54) is 5.56 Å². The predicted octanol–water partition coefficient (Wildman–Crippen LogP) is 5.21. The van der Waals surface area contributed by atoms with Crippen LogP contribution in [0.15, 0.2) is 51.4 Å². The minimum Gasteiger partial charge on any atom is -0.459 e. The van der Waals surface area contributed by atoms with Crippen LogP contribution in [0.25, 0.3) is 11.0 Å². The van der Waals surface area contributed by atoms with Gasteiger partial charge in [-0.2, -0.15) is 0 Å². The third kappa shape index (κ3) is 2.49. The molecule has 102 valence electrons. The van der Waals surface area contributed by atoms with Crippen molar-refractivity contribution in [3.63, 3.8) is 0 Å². The van der Waals surface area contributed by atoms with E-state index in [1.807, 2.05) is 43.3 Å². The molecular formula is C16H13BrClNO. The van der Waals surface area contributed by atoms with Gasteiger partial charge in [-0.1, -0.05) is 39.7 Å². The van der Waals surface area contributed by atoms with Crippen molar-refractivity contribution >= 4 is 38.5 Å². The third-order valence-corrected chi connectivity index (χ3v) is 4.22. The average Bonchev–Trinajstić information content (AvgIpc) is 2.81. The largest absolute Gasteiger partial charge is 0.459 e. The monoisotopic (exact) mass is 349 g/mol. The highest BCUT2D eigenvalue weighted by Crippen LogP contribution is 2.31. The fourth-order valence-electron chi connectivity index (χ4n) is 2.23. The van der Waals surface area contributed by atoms with E-state index in [0.717, 1.165) is 26.8 Å². The number of hydrogen-bond acceptors (Lipinski definition) is 2. The summed E-state index contributed by atoms with van der Waals surface area (Å²) in [7, 11) is 0. The molecule has 1 unspecified atom stereocenters. The van der Waals surface area contributed by atoms with E-state index >= 15 is 0 Å². The predicted molar refractivity (Wildman–Crippen MR) is 86.1 cm³/mol. The van der Waals surface area contributed by atoms with Crippen molar-refractivity contribution in [1.29, 1.82) is 0 Å².